The summed E-state index contributed by atoms with van der Waals surface area (Å²) < 4.78 is 167. The maximum Gasteiger partial charge on any atom is 0.252 e. The lowest BCUT2D eigenvalue weighted by Crippen LogP contribution is -2.61. The number of benzene rings is 15. The number of fused-ring (bicyclic) bond motifs is 16. The Morgan fingerprint density at radius 1 is 0.265 bits per heavy atom. The van der Waals surface area contributed by atoms with Gasteiger partial charge in [-0.15, -0.1) is 0 Å². The molecule has 0 radical (unpaired) electrons. The molecular formula is C110H96BN5O. The summed E-state index contributed by atoms with van der Waals surface area (Å²) in [5, 5.41) is 2.82. The van der Waals surface area contributed by atoms with E-state index in [1.807, 2.05) is 48.5 Å². The number of rotatable bonds is 8. The van der Waals surface area contributed by atoms with Crippen LogP contribution in [0.2, 0.25) is 0 Å². The first-order valence-corrected chi connectivity index (χ1v) is 40.4. The second-order valence-electron chi connectivity index (χ2n) is 37.0. The number of hydrogen-bond acceptors (Lipinski definition) is 3. The van der Waals surface area contributed by atoms with E-state index in [1.165, 1.54) is 4.57 Å². The Morgan fingerprint density at radius 3 is 1.16 bits per heavy atom. The second kappa shape index (κ2) is 25.8. The Kier molecular flexibility index (Phi) is 12.5. The van der Waals surface area contributed by atoms with Crippen molar-refractivity contribution in [1.82, 2.24) is 13.7 Å². The van der Waals surface area contributed by atoms with E-state index >= 15 is 0 Å². The largest absolute Gasteiger partial charge is 0.452 e. The summed E-state index contributed by atoms with van der Waals surface area (Å²) in [7, 11) is 0. The molecular weight excluding hydrogens is 1420 g/mol. The summed E-state index contributed by atoms with van der Waals surface area (Å²) >= 11 is 0. The van der Waals surface area contributed by atoms with E-state index in [9.17, 15) is 19.2 Å². The fourth-order valence-electron chi connectivity index (χ4n) is 18.3. The van der Waals surface area contributed by atoms with E-state index in [0.29, 0.717) is 39.1 Å². The van der Waals surface area contributed by atoms with E-state index in [-0.39, 0.29) is 82.2 Å². The summed E-state index contributed by atoms with van der Waals surface area (Å²) in [5.41, 5.74) is 19.3. The summed E-state index contributed by atoms with van der Waals surface area (Å²) in [6.07, 6.45) is 0. The predicted octanol–water partition coefficient (Wildman–Crippen LogP) is 28.4. The van der Waals surface area contributed by atoms with Gasteiger partial charge in [0, 0.05) is 82.7 Å². The summed E-state index contributed by atoms with van der Waals surface area (Å²) in [4.78, 5) is 4.57. The van der Waals surface area contributed by atoms with Gasteiger partial charge in [-0.2, -0.15) is 0 Å². The fraction of sp³-hybridized carbons (Fsp3) is 0.182. The molecule has 0 saturated carbocycles. The third-order valence-corrected chi connectivity index (χ3v) is 24.5. The maximum atomic E-state index is 10.3. The van der Waals surface area contributed by atoms with Crippen molar-refractivity contribution < 1.29 is 26.3 Å². The SMILES string of the molecule is [2H]c1c([2H])c([2H])c2c(c1[2H])c1c([2H])c([2H])c([2H])c([2H])c1n2-c1cc2c3c(c1)N(c1cccc4c1oc1c(-n5c6c([2H])c([2H])c([2H])c([2H])c6c6c([2H])c([2H])c([2H])c([2H])c65)cccc14)c1cc(-n4c5ccc(C(C)(C)C)cc5c5cc(C(C)(C)C)ccc54)ccc1B3c1ccc(-c3cc(C(C)(C)C)cc(C(C)(C)C)c3)cc1N2c1c(-c2ccccc2)cc(C(C)(C)C)cc1-c1ccccc1. The van der Waals surface area contributed by atoms with Gasteiger partial charge < -0.3 is 27.9 Å². The Morgan fingerprint density at radius 2 is 0.675 bits per heavy atom. The zero-order valence-electron chi connectivity index (χ0n) is 84.4. The summed E-state index contributed by atoms with van der Waals surface area (Å²) in [6, 6.07) is 66.2. The molecule has 0 atom stereocenters. The molecule has 4 aromatic heterocycles. The molecule has 0 amide bonds. The number of hydrogen-bond donors (Lipinski definition) is 0. The molecule has 6 heterocycles. The lowest BCUT2D eigenvalue weighted by Gasteiger charge is -2.45. The van der Waals surface area contributed by atoms with Crippen LogP contribution in [0.5, 0.6) is 0 Å². The topological polar surface area (TPSA) is 34.4 Å². The average molecular weight is 1530 g/mol. The van der Waals surface area contributed by atoms with Crippen LogP contribution in [0.3, 0.4) is 0 Å². The van der Waals surface area contributed by atoms with Gasteiger partial charge in [0.15, 0.2) is 11.2 Å². The molecule has 15 aromatic carbocycles. The van der Waals surface area contributed by atoms with Crippen molar-refractivity contribution in [2.45, 2.75) is 131 Å². The van der Waals surface area contributed by atoms with E-state index in [1.54, 1.807) is 16.7 Å². The molecule has 117 heavy (non-hydrogen) atoms. The van der Waals surface area contributed by atoms with Gasteiger partial charge in [-0.05, 0) is 197 Å². The molecule has 7 heteroatoms. The van der Waals surface area contributed by atoms with Crippen molar-refractivity contribution >= 4 is 145 Å². The van der Waals surface area contributed by atoms with Crippen LogP contribution < -0.4 is 26.2 Å². The van der Waals surface area contributed by atoms with Gasteiger partial charge in [0.1, 0.15) is 0 Å². The Labute approximate surface area is 709 Å². The highest BCUT2D eigenvalue weighted by Gasteiger charge is 2.46. The zero-order valence-corrected chi connectivity index (χ0v) is 68.4. The zero-order chi connectivity index (χ0) is 94.2. The summed E-state index contributed by atoms with van der Waals surface area (Å²) in [6.45, 7) is 32.8. The number of nitrogens with zero attached hydrogens (tertiary/aromatic N) is 5. The minimum atomic E-state index is -0.703. The number of para-hydroxylation sites is 6. The highest BCUT2D eigenvalue weighted by Crippen LogP contribution is 2.55. The molecule has 0 fully saturated rings. The van der Waals surface area contributed by atoms with Gasteiger partial charge >= 0.3 is 0 Å². The molecule has 0 N–H and O–H groups in total. The molecule has 0 spiro atoms. The minimum absolute atomic E-state index is 0.0908. The molecule has 2 aliphatic rings. The Bertz CT molecular complexity index is 8060. The van der Waals surface area contributed by atoms with Crippen LogP contribution in [-0.4, -0.2) is 20.4 Å². The molecule has 6 nitrogen and oxygen atoms in total. The van der Waals surface area contributed by atoms with Crippen molar-refractivity contribution in [3.63, 3.8) is 0 Å². The fourth-order valence-corrected chi connectivity index (χ4v) is 18.3. The van der Waals surface area contributed by atoms with Crippen LogP contribution in [0.25, 0.3) is 138 Å². The first kappa shape index (κ1) is 56.4. The van der Waals surface area contributed by atoms with Crippen LogP contribution in [0.15, 0.2) is 313 Å². The van der Waals surface area contributed by atoms with Crippen molar-refractivity contribution in [3.8, 4) is 50.4 Å². The van der Waals surface area contributed by atoms with Crippen molar-refractivity contribution in [2.75, 3.05) is 9.80 Å². The molecule has 0 bridgehead atoms. The smallest absolute Gasteiger partial charge is 0.252 e. The van der Waals surface area contributed by atoms with Crippen LogP contribution in [0.4, 0.5) is 34.1 Å². The van der Waals surface area contributed by atoms with Crippen molar-refractivity contribution in [1.29, 1.82) is 0 Å². The van der Waals surface area contributed by atoms with E-state index < -0.39 is 109 Å². The monoisotopic (exact) mass is 1530 g/mol. The van der Waals surface area contributed by atoms with Gasteiger partial charge in [-0.3, -0.25) is 0 Å². The van der Waals surface area contributed by atoms with Gasteiger partial charge in [-0.1, -0.05) is 310 Å². The third kappa shape index (κ3) is 11.3. The van der Waals surface area contributed by atoms with Crippen LogP contribution in [0.1, 0.15) is 154 Å². The van der Waals surface area contributed by atoms with Gasteiger partial charge in [-0.25, -0.2) is 0 Å². The number of aromatic nitrogens is 3. The molecule has 21 rings (SSSR count). The molecule has 570 valence electrons. The van der Waals surface area contributed by atoms with Crippen LogP contribution in [0, 0.1) is 0 Å². The minimum Gasteiger partial charge on any atom is -0.452 e. The first-order chi connectivity index (χ1) is 62.8. The van der Waals surface area contributed by atoms with Gasteiger partial charge in [0.05, 0.1) is 77.8 Å². The molecule has 19 aromatic rings. The summed E-state index contributed by atoms with van der Waals surface area (Å²) in [5.74, 6) is 0. The third-order valence-electron chi connectivity index (χ3n) is 24.5. The quantitative estimate of drug-likeness (QED) is 0.142. The van der Waals surface area contributed by atoms with Crippen LogP contribution in [-0.2, 0) is 27.1 Å². The normalized spacial score (nSPS) is 15.3. The lowest BCUT2D eigenvalue weighted by molar-refractivity contribution is 0.569. The average Bonchev–Trinajstić information content (AvgIpc) is 1.65. The lowest BCUT2D eigenvalue weighted by atomic mass is 9.33. The molecule has 0 aliphatic carbocycles. The van der Waals surface area contributed by atoms with E-state index in [4.69, 9.17) is 7.16 Å². The molecule has 2 aliphatic heterocycles. The van der Waals surface area contributed by atoms with Gasteiger partial charge in [0.25, 0.3) is 6.71 Å². The Balaban J connectivity index is 0.983. The predicted molar refractivity (Wildman–Crippen MR) is 501 cm³/mol. The highest BCUT2D eigenvalue weighted by molar-refractivity contribution is 7.00. The Hall–Kier alpha value is -12.8. The van der Waals surface area contributed by atoms with E-state index in [0.717, 1.165) is 116 Å². The maximum absolute atomic E-state index is 10.3. The number of anilines is 6. The highest BCUT2D eigenvalue weighted by atomic mass is 16.3. The standard InChI is InChI=1S/C110H96BN5O/c1-106(2,3)71-49-54-94-86(60-71)87-61-72(107(4,5)6)50-55-95(87)112(94)76-51-53-89-99(64-76)115(97-47-31-41-83-82-40-30-46-96(104(82)117-105(83)97)114-92-44-28-24-38-80(92)81-39-25-29-45-93(81)114)100-65-77(113-90-42-26-22-36-78(90)79-37-23-27-43-91(79)113)66-101-102(100)111(89)88-52-48-69(70-56-73(108(7,8)9)59-74(57-70)109(10,11)12)58-98(88)116(101)103-84(67-32-18-16-19-33-67)62-75(110(13,14)15)63-85(103)68-34-20-17-21-35-68/h16-66H,1-15H3/i22D,23D,24D,25D,26D,27D,28D,29D,36D,37D,38D,39D,42D,43D,44D,45D. The molecule has 0 unspecified atom stereocenters. The van der Waals surface area contributed by atoms with Crippen LogP contribution >= 0.6 is 0 Å². The molecule has 0 saturated heterocycles. The van der Waals surface area contributed by atoms with Crippen molar-refractivity contribution in [3.05, 3.63) is 337 Å². The number of furan rings is 1. The second-order valence-corrected chi connectivity index (χ2v) is 37.0. The first-order valence-electron chi connectivity index (χ1n) is 48.4. The van der Waals surface area contributed by atoms with Gasteiger partial charge in [0.2, 0.25) is 0 Å². The van der Waals surface area contributed by atoms with Crippen molar-refractivity contribution in [2.24, 2.45) is 0 Å². The van der Waals surface area contributed by atoms with E-state index in [2.05, 4.69) is 270 Å².